The van der Waals surface area contributed by atoms with Crippen molar-refractivity contribution in [3.05, 3.63) is 10.4 Å². The van der Waals surface area contributed by atoms with E-state index in [2.05, 4.69) is 56.9 Å². The molecule has 0 aromatic carbocycles. The molecule has 0 heterocycles. The van der Waals surface area contributed by atoms with E-state index in [0.29, 0.717) is 31.6 Å². The Hall–Kier alpha value is -1.91. The predicted octanol–water partition coefficient (Wildman–Crippen LogP) is 8.27. The largest absolute Gasteiger partial charge is 0.481 e. The fourth-order valence-corrected chi connectivity index (χ4v) is 18.0. The number of carbonyl (C=O) groups is 2. The maximum atomic E-state index is 13.7. The molecule has 6 N–H and O–H groups in total. The zero-order valence-electron chi connectivity index (χ0n) is 37.0. The summed E-state index contributed by atoms with van der Waals surface area (Å²) >= 11 is 0. The summed E-state index contributed by atoms with van der Waals surface area (Å²) in [7, 11) is 0. The van der Waals surface area contributed by atoms with Gasteiger partial charge in [0.15, 0.2) is 0 Å². The molecule has 11 nitrogen and oxygen atoms in total. The molecule has 8 saturated carbocycles. The van der Waals surface area contributed by atoms with Crippen LogP contribution >= 0.6 is 0 Å². The summed E-state index contributed by atoms with van der Waals surface area (Å²) in [5, 5.41) is 64.6. The zero-order valence-corrected chi connectivity index (χ0v) is 37.0. The summed E-state index contributed by atoms with van der Waals surface area (Å²) in [6.07, 6.45) is 12.6. The third-order valence-electron chi connectivity index (χ3n) is 21.3. The van der Waals surface area contributed by atoms with Gasteiger partial charge >= 0.3 is 5.97 Å². The van der Waals surface area contributed by atoms with Crippen LogP contribution < -0.4 is 5.32 Å². The van der Waals surface area contributed by atoms with Crippen LogP contribution in [0.3, 0.4) is 0 Å². The monoisotopic (exact) mass is 823 g/mol. The summed E-state index contributed by atoms with van der Waals surface area (Å²) in [4.78, 5) is 28.2. The van der Waals surface area contributed by atoms with Gasteiger partial charge < -0.3 is 30.8 Å². The molecule has 8 aliphatic carbocycles. The van der Waals surface area contributed by atoms with E-state index in [1.54, 1.807) is 0 Å². The number of nitrogens with zero attached hydrogens (tertiary/aromatic N) is 3. The van der Waals surface area contributed by atoms with Crippen LogP contribution in [0.15, 0.2) is 5.11 Å². The molecule has 11 heteroatoms. The Morgan fingerprint density at radius 1 is 0.678 bits per heavy atom. The Kier molecular flexibility index (Phi) is 11.9. The summed E-state index contributed by atoms with van der Waals surface area (Å²) in [6, 6.07) is 0.0781. The fourth-order valence-electron chi connectivity index (χ4n) is 18.0. The number of hydrogen-bond acceptors (Lipinski definition) is 7. The zero-order chi connectivity index (χ0) is 42.4. The molecule has 22 atom stereocenters. The van der Waals surface area contributed by atoms with Crippen LogP contribution in [0.1, 0.15) is 157 Å². The van der Waals surface area contributed by atoms with E-state index in [-0.39, 0.29) is 111 Å². The number of hydrogen-bond donors (Lipinski definition) is 6. The predicted molar refractivity (Wildman–Crippen MR) is 225 cm³/mol. The van der Waals surface area contributed by atoms with Crippen LogP contribution in [0.2, 0.25) is 0 Å². The normalized spacial score (nSPS) is 52.2. The molecule has 0 saturated heterocycles. The van der Waals surface area contributed by atoms with Gasteiger partial charge in [0.25, 0.3) is 0 Å². The second kappa shape index (κ2) is 16.0. The van der Waals surface area contributed by atoms with E-state index in [9.17, 15) is 35.1 Å². The van der Waals surface area contributed by atoms with Crippen molar-refractivity contribution < 1.29 is 35.1 Å². The third kappa shape index (κ3) is 7.00. The van der Waals surface area contributed by atoms with Gasteiger partial charge in [0.2, 0.25) is 5.91 Å². The van der Waals surface area contributed by atoms with Crippen LogP contribution in [-0.2, 0) is 9.59 Å². The highest BCUT2D eigenvalue weighted by Gasteiger charge is 2.67. The highest BCUT2D eigenvalue weighted by atomic mass is 16.4. The van der Waals surface area contributed by atoms with Crippen molar-refractivity contribution in [2.75, 3.05) is 0 Å². The van der Waals surface area contributed by atoms with Crippen molar-refractivity contribution in [1.29, 1.82) is 0 Å². The van der Waals surface area contributed by atoms with Crippen LogP contribution in [0, 0.1) is 92.7 Å². The number of carboxylic acid groups (broad SMARTS) is 1. The Bertz CT molecular complexity index is 1640. The van der Waals surface area contributed by atoms with Gasteiger partial charge in [0, 0.05) is 29.8 Å². The van der Waals surface area contributed by atoms with Gasteiger partial charge in [-0.05, 0) is 201 Å². The summed E-state index contributed by atoms with van der Waals surface area (Å²) in [5.41, 5.74) is 8.51. The lowest BCUT2D eigenvalue weighted by Gasteiger charge is -2.63. The molecule has 8 rings (SSSR count). The SMILES string of the molecule is C[C@H](CCC(=O)N[C@@H]1CC[C@@]2(C)[C@@H](C1)C[C@@H](O)[C@@H]1[C@@H]2C[C@H](O)[C@]2(C)[C@@H]([C@H](C)CCC(=O)O)CC[C@@H]12)[C@H]1CC[C@H]2[C@@H]3[C@H](O)C[C@@H]4C[C@H](N=[N+]=[N-])CC[C@]4(C)[C@H]3C[C@H](O)[C@]12C. The maximum absolute atomic E-state index is 13.7. The minimum atomic E-state index is -0.766. The highest BCUT2D eigenvalue weighted by molar-refractivity contribution is 5.76. The van der Waals surface area contributed by atoms with Gasteiger partial charge in [-0.15, -0.1) is 0 Å². The molecule has 8 fully saturated rings. The Balaban J connectivity index is 0.864. The maximum Gasteiger partial charge on any atom is 0.303 e. The molecule has 8 aliphatic rings. The van der Waals surface area contributed by atoms with E-state index in [1.165, 1.54) is 0 Å². The molecule has 0 aromatic rings. The number of carbonyl (C=O) groups excluding carboxylic acids is 1. The van der Waals surface area contributed by atoms with Crippen LogP contribution in [0.4, 0.5) is 0 Å². The van der Waals surface area contributed by atoms with Crippen molar-refractivity contribution in [3.63, 3.8) is 0 Å². The lowest BCUT2D eigenvalue weighted by molar-refractivity contribution is -0.202. The molecule has 0 bridgehead atoms. The number of fused-ring (bicyclic) bond motifs is 10. The van der Waals surface area contributed by atoms with Crippen molar-refractivity contribution in [2.45, 2.75) is 194 Å². The molecule has 0 aromatic heterocycles. The van der Waals surface area contributed by atoms with Crippen molar-refractivity contribution >= 4 is 11.9 Å². The number of aliphatic hydroxyl groups excluding tert-OH is 4. The lowest BCUT2D eigenvalue weighted by atomic mass is 9.43. The van der Waals surface area contributed by atoms with Crippen LogP contribution in [0.5, 0.6) is 0 Å². The second-order valence-electron chi connectivity index (χ2n) is 23.3. The number of carboxylic acids is 1. The third-order valence-corrected chi connectivity index (χ3v) is 21.3. The Labute approximate surface area is 353 Å². The fraction of sp³-hybridized carbons (Fsp3) is 0.958. The average Bonchev–Trinajstić information content (AvgIpc) is 3.73. The molecule has 0 unspecified atom stereocenters. The number of rotatable bonds is 10. The first-order chi connectivity index (χ1) is 27.9. The smallest absolute Gasteiger partial charge is 0.303 e. The quantitative estimate of drug-likeness (QED) is 0.0724. The van der Waals surface area contributed by atoms with Crippen molar-refractivity contribution in [1.82, 2.24) is 5.32 Å². The lowest BCUT2D eigenvalue weighted by Crippen LogP contribution is -2.63. The number of nitrogens with one attached hydrogen (secondary N) is 1. The van der Waals surface area contributed by atoms with Gasteiger partial charge in [-0.3, -0.25) is 9.59 Å². The van der Waals surface area contributed by atoms with Crippen LogP contribution in [-0.4, -0.2) is 73.9 Å². The van der Waals surface area contributed by atoms with Gasteiger partial charge in [-0.1, -0.05) is 46.7 Å². The van der Waals surface area contributed by atoms with E-state index >= 15 is 0 Å². The van der Waals surface area contributed by atoms with E-state index in [4.69, 9.17) is 5.53 Å². The first kappa shape index (κ1) is 43.7. The standard InChI is InChI=1S/C48H78N4O7/c1-25(31-9-11-33-44-36(24-39(55)47(31,33)5)46(4)18-16-30(51-52-49)20-28(46)22-38(44)54)7-13-41(57)50-29-15-17-45(3)27(19-29)21-37(53)43-34-12-10-32(26(2)8-14-42(58)59)48(34,6)40(56)23-35(43)45/h25-40,43-44,53-56H,7-24H2,1-6H3,(H,50,57)(H,58,59)/t25-,26-,27+,28+,29-,30-,31-,32-,33+,34+,35+,36+,37-,38-,39+,40+,43+,44+,45+,46+,47-,48-/m1/s1. The highest BCUT2D eigenvalue weighted by Crippen LogP contribution is 2.70. The van der Waals surface area contributed by atoms with Gasteiger partial charge in [0.05, 0.1) is 24.4 Å². The molecule has 0 aliphatic heterocycles. The molecule has 59 heavy (non-hydrogen) atoms. The molecular weight excluding hydrogens is 745 g/mol. The van der Waals surface area contributed by atoms with Gasteiger partial charge in [-0.25, -0.2) is 0 Å². The van der Waals surface area contributed by atoms with E-state index in [1.807, 2.05) is 0 Å². The minimum absolute atomic E-state index is 0.000232. The second-order valence-corrected chi connectivity index (χ2v) is 23.3. The van der Waals surface area contributed by atoms with E-state index < -0.39 is 30.4 Å². The Morgan fingerprint density at radius 2 is 1.17 bits per heavy atom. The van der Waals surface area contributed by atoms with Crippen molar-refractivity contribution in [2.24, 2.45) is 97.8 Å². The first-order valence-corrected chi connectivity index (χ1v) is 24.1. The number of aliphatic hydroxyl groups is 4. The summed E-state index contributed by atoms with van der Waals surface area (Å²) in [6.45, 7) is 13.7. The Morgan fingerprint density at radius 3 is 1.68 bits per heavy atom. The molecule has 1 amide bonds. The molecular formula is C48H78N4O7. The number of amides is 1. The van der Waals surface area contributed by atoms with Gasteiger partial charge in [0.1, 0.15) is 0 Å². The molecule has 0 spiro atoms. The van der Waals surface area contributed by atoms with Crippen LogP contribution in [0.25, 0.3) is 10.4 Å². The summed E-state index contributed by atoms with van der Waals surface area (Å²) in [5.74, 6) is 2.23. The topological polar surface area (TPSA) is 196 Å². The molecule has 332 valence electrons. The van der Waals surface area contributed by atoms with E-state index in [0.717, 1.165) is 83.5 Å². The number of azide groups is 1. The average molecular weight is 823 g/mol. The first-order valence-electron chi connectivity index (χ1n) is 24.1. The summed E-state index contributed by atoms with van der Waals surface area (Å²) < 4.78 is 0. The van der Waals surface area contributed by atoms with Gasteiger partial charge in [-0.2, -0.15) is 0 Å². The minimum Gasteiger partial charge on any atom is -0.481 e. The van der Waals surface area contributed by atoms with Crippen molar-refractivity contribution in [3.8, 4) is 0 Å². The molecule has 0 radical (unpaired) electrons. The number of aliphatic carboxylic acids is 1.